The monoisotopic (exact) mass is 173 g/mol. The highest BCUT2D eigenvalue weighted by atomic mass is 35.5. The number of aromatic hydroxyl groups is 1. The van der Waals surface area contributed by atoms with Gasteiger partial charge in [0.1, 0.15) is 5.75 Å². The van der Waals surface area contributed by atoms with E-state index in [1.807, 2.05) is 19.1 Å². The molecule has 0 aliphatic rings. The molecule has 0 aliphatic heterocycles. The predicted octanol–water partition coefficient (Wildman–Crippen LogP) is 1.83. The Hall–Kier alpha value is -0.730. The zero-order chi connectivity index (χ0) is 7.56. The smallest absolute Gasteiger partial charge is 0.115 e. The van der Waals surface area contributed by atoms with Gasteiger partial charge in [-0.2, -0.15) is 0 Å². The fourth-order valence-electron chi connectivity index (χ4n) is 0.778. The largest absolute Gasteiger partial charge is 0.508 e. The molecule has 62 valence electrons. The third-order valence-corrected chi connectivity index (χ3v) is 1.42. The number of halogens is 1. The van der Waals surface area contributed by atoms with Gasteiger partial charge < -0.3 is 10.8 Å². The summed E-state index contributed by atoms with van der Waals surface area (Å²) in [5.74, 6) is 0.282. The Morgan fingerprint density at radius 2 is 1.73 bits per heavy atom. The molecule has 3 N–H and O–H groups in total. The van der Waals surface area contributed by atoms with Crippen LogP contribution in [0, 0.1) is 0 Å². The summed E-state index contributed by atoms with van der Waals surface area (Å²) in [5, 5.41) is 8.90. The summed E-state index contributed by atoms with van der Waals surface area (Å²) in [6, 6.07) is 6.96. The Labute approximate surface area is 72.4 Å². The summed E-state index contributed by atoms with van der Waals surface area (Å²) in [6.07, 6.45) is 0. The summed E-state index contributed by atoms with van der Waals surface area (Å²) >= 11 is 0. The number of benzene rings is 1. The molecule has 0 saturated carbocycles. The van der Waals surface area contributed by atoms with Crippen LogP contribution < -0.4 is 5.73 Å². The summed E-state index contributed by atoms with van der Waals surface area (Å²) in [5.41, 5.74) is 6.62. The van der Waals surface area contributed by atoms with E-state index in [2.05, 4.69) is 0 Å². The molecule has 1 aromatic carbocycles. The van der Waals surface area contributed by atoms with Gasteiger partial charge in [0.05, 0.1) is 0 Å². The molecule has 0 heterocycles. The van der Waals surface area contributed by atoms with E-state index in [9.17, 15) is 0 Å². The van der Waals surface area contributed by atoms with Crippen LogP contribution in [0.15, 0.2) is 24.3 Å². The highest BCUT2D eigenvalue weighted by Gasteiger charge is 1.96. The SMILES string of the molecule is C[C@@H](N)c1ccc(O)cc1.Cl. The zero-order valence-corrected chi connectivity index (χ0v) is 7.14. The van der Waals surface area contributed by atoms with E-state index in [-0.39, 0.29) is 24.2 Å². The van der Waals surface area contributed by atoms with Gasteiger partial charge >= 0.3 is 0 Å². The van der Waals surface area contributed by atoms with Crippen molar-refractivity contribution >= 4 is 12.4 Å². The number of hydrogen-bond donors (Lipinski definition) is 2. The molecule has 0 bridgehead atoms. The molecular weight excluding hydrogens is 162 g/mol. The lowest BCUT2D eigenvalue weighted by molar-refractivity contribution is 0.475. The van der Waals surface area contributed by atoms with Crippen LogP contribution in [0.1, 0.15) is 18.5 Å². The molecular formula is C8H12ClNO. The molecule has 3 heteroatoms. The van der Waals surface area contributed by atoms with Gasteiger partial charge in [0.2, 0.25) is 0 Å². The van der Waals surface area contributed by atoms with Crippen molar-refractivity contribution in [3.05, 3.63) is 29.8 Å². The van der Waals surface area contributed by atoms with E-state index in [0.717, 1.165) is 5.56 Å². The molecule has 0 aromatic heterocycles. The molecule has 0 aliphatic carbocycles. The Morgan fingerprint density at radius 3 is 2.09 bits per heavy atom. The van der Waals surface area contributed by atoms with E-state index >= 15 is 0 Å². The topological polar surface area (TPSA) is 46.2 Å². The zero-order valence-electron chi connectivity index (χ0n) is 6.32. The van der Waals surface area contributed by atoms with Crippen molar-refractivity contribution in [1.82, 2.24) is 0 Å². The molecule has 2 nitrogen and oxygen atoms in total. The minimum Gasteiger partial charge on any atom is -0.508 e. The molecule has 1 rings (SSSR count). The Balaban J connectivity index is 0.000001000. The van der Waals surface area contributed by atoms with Crippen molar-refractivity contribution < 1.29 is 5.11 Å². The summed E-state index contributed by atoms with van der Waals surface area (Å²) in [4.78, 5) is 0. The van der Waals surface area contributed by atoms with Crippen molar-refractivity contribution in [2.24, 2.45) is 5.73 Å². The number of phenols is 1. The van der Waals surface area contributed by atoms with Crippen molar-refractivity contribution in [1.29, 1.82) is 0 Å². The highest BCUT2D eigenvalue weighted by molar-refractivity contribution is 5.85. The second-order valence-electron chi connectivity index (χ2n) is 2.38. The lowest BCUT2D eigenvalue weighted by Crippen LogP contribution is -2.03. The number of phenolic OH excluding ortho intramolecular Hbond substituents is 1. The Bertz CT molecular complexity index is 208. The van der Waals surface area contributed by atoms with Gasteiger partial charge in [-0.3, -0.25) is 0 Å². The van der Waals surface area contributed by atoms with Gasteiger partial charge in [0, 0.05) is 6.04 Å². The normalized spacial score (nSPS) is 11.8. The highest BCUT2D eigenvalue weighted by Crippen LogP contribution is 2.13. The van der Waals surface area contributed by atoms with Crippen LogP contribution in [0.5, 0.6) is 5.75 Å². The van der Waals surface area contributed by atoms with Gasteiger partial charge in [-0.1, -0.05) is 12.1 Å². The molecule has 11 heavy (non-hydrogen) atoms. The van der Waals surface area contributed by atoms with E-state index in [1.165, 1.54) is 0 Å². The molecule has 1 aromatic rings. The first-order valence-electron chi connectivity index (χ1n) is 3.24. The van der Waals surface area contributed by atoms with E-state index in [1.54, 1.807) is 12.1 Å². The quantitative estimate of drug-likeness (QED) is 0.681. The van der Waals surface area contributed by atoms with Crippen LogP contribution in [0.2, 0.25) is 0 Å². The maximum absolute atomic E-state index is 8.90. The fourth-order valence-corrected chi connectivity index (χ4v) is 0.778. The Morgan fingerprint density at radius 1 is 1.27 bits per heavy atom. The second kappa shape index (κ2) is 4.21. The maximum atomic E-state index is 8.90. The standard InChI is InChI=1S/C8H11NO.ClH/c1-6(9)7-2-4-8(10)5-3-7;/h2-6,10H,9H2,1H3;1H/t6-;/m1./s1. The molecule has 0 saturated heterocycles. The Kier molecular flexibility index (Phi) is 3.93. The molecule has 0 unspecified atom stereocenters. The number of rotatable bonds is 1. The van der Waals surface area contributed by atoms with Crippen LogP contribution in [0.4, 0.5) is 0 Å². The van der Waals surface area contributed by atoms with Crippen molar-refractivity contribution in [3.63, 3.8) is 0 Å². The van der Waals surface area contributed by atoms with Gasteiger partial charge in [-0.25, -0.2) is 0 Å². The van der Waals surface area contributed by atoms with Crippen LogP contribution >= 0.6 is 12.4 Å². The average Bonchev–Trinajstić information content (AvgIpc) is 1.88. The third-order valence-electron chi connectivity index (χ3n) is 1.42. The molecule has 0 fully saturated rings. The minimum atomic E-state index is 0. The summed E-state index contributed by atoms with van der Waals surface area (Å²) < 4.78 is 0. The molecule has 0 spiro atoms. The minimum absolute atomic E-state index is 0. The van der Waals surface area contributed by atoms with Gasteiger partial charge in [-0.15, -0.1) is 12.4 Å². The van der Waals surface area contributed by atoms with Gasteiger partial charge in [-0.05, 0) is 24.6 Å². The van der Waals surface area contributed by atoms with Crippen LogP contribution in [0.3, 0.4) is 0 Å². The first-order valence-corrected chi connectivity index (χ1v) is 3.24. The second-order valence-corrected chi connectivity index (χ2v) is 2.38. The van der Waals surface area contributed by atoms with Gasteiger partial charge in [0.15, 0.2) is 0 Å². The maximum Gasteiger partial charge on any atom is 0.115 e. The van der Waals surface area contributed by atoms with E-state index in [0.29, 0.717) is 0 Å². The van der Waals surface area contributed by atoms with Crippen LogP contribution in [-0.2, 0) is 0 Å². The number of nitrogens with two attached hydrogens (primary N) is 1. The fraction of sp³-hybridized carbons (Fsp3) is 0.250. The lowest BCUT2D eigenvalue weighted by atomic mass is 10.1. The summed E-state index contributed by atoms with van der Waals surface area (Å²) in [7, 11) is 0. The third kappa shape index (κ3) is 2.78. The van der Waals surface area contributed by atoms with E-state index < -0.39 is 0 Å². The first kappa shape index (κ1) is 10.3. The first-order chi connectivity index (χ1) is 4.70. The van der Waals surface area contributed by atoms with Crippen LogP contribution in [0.25, 0.3) is 0 Å². The average molecular weight is 174 g/mol. The van der Waals surface area contributed by atoms with Gasteiger partial charge in [0.25, 0.3) is 0 Å². The van der Waals surface area contributed by atoms with Crippen molar-refractivity contribution in [2.45, 2.75) is 13.0 Å². The van der Waals surface area contributed by atoms with E-state index in [4.69, 9.17) is 10.8 Å². The molecule has 0 amide bonds. The number of hydrogen-bond acceptors (Lipinski definition) is 2. The lowest BCUT2D eigenvalue weighted by Gasteiger charge is -2.03. The van der Waals surface area contributed by atoms with Crippen molar-refractivity contribution in [2.75, 3.05) is 0 Å². The van der Waals surface area contributed by atoms with Crippen molar-refractivity contribution in [3.8, 4) is 5.75 Å². The summed E-state index contributed by atoms with van der Waals surface area (Å²) in [6.45, 7) is 1.91. The molecule has 1 atom stereocenters. The molecule has 0 radical (unpaired) electrons. The predicted molar refractivity (Wildman–Crippen MR) is 48.0 cm³/mol. The van der Waals surface area contributed by atoms with Crippen LogP contribution in [-0.4, -0.2) is 5.11 Å².